The maximum Gasteiger partial charge on any atom is 0.0889 e. The summed E-state index contributed by atoms with van der Waals surface area (Å²) in [5.41, 5.74) is -0.0364. The Kier molecular flexibility index (Phi) is 3.47. The number of aliphatic hydroxyl groups is 2. The molecule has 3 heteroatoms. The lowest BCUT2D eigenvalue weighted by atomic mass is 9.98. The fourth-order valence-corrected chi connectivity index (χ4v) is 1.53. The van der Waals surface area contributed by atoms with Gasteiger partial charge in [0.15, 0.2) is 0 Å². The molecule has 1 rings (SSSR count). The van der Waals surface area contributed by atoms with E-state index in [2.05, 4.69) is 15.9 Å². The Morgan fingerprint density at radius 1 is 1.38 bits per heavy atom. The van der Waals surface area contributed by atoms with Gasteiger partial charge in [0.05, 0.1) is 12.2 Å². The quantitative estimate of drug-likeness (QED) is 0.851. The van der Waals surface area contributed by atoms with Gasteiger partial charge in [-0.05, 0) is 18.6 Å². The van der Waals surface area contributed by atoms with Gasteiger partial charge in [-0.1, -0.05) is 34.1 Å². The van der Waals surface area contributed by atoms with Gasteiger partial charge < -0.3 is 10.2 Å². The summed E-state index contributed by atoms with van der Waals surface area (Å²) in [5, 5.41) is 18.5. The summed E-state index contributed by atoms with van der Waals surface area (Å²) < 4.78 is 0.962. The molecule has 0 heterocycles. The van der Waals surface area contributed by atoms with Gasteiger partial charge in [0.25, 0.3) is 0 Å². The number of rotatable bonds is 3. The van der Waals surface area contributed by atoms with Gasteiger partial charge in [-0.3, -0.25) is 0 Å². The Bertz CT molecular complexity index is 284. The Balaban J connectivity index is 2.80. The highest BCUT2D eigenvalue weighted by atomic mass is 79.9. The molecule has 1 aromatic rings. The first kappa shape index (κ1) is 10.7. The second kappa shape index (κ2) is 4.22. The van der Waals surface area contributed by atoms with Crippen molar-refractivity contribution in [1.29, 1.82) is 0 Å². The standard InChI is InChI=1S/C10H13BrO2/c1-10(13,7-12)6-8-4-2-3-5-9(8)11/h2-5,12-13H,6-7H2,1H3. The van der Waals surface area contributed by atoms with Gasteiger partial charge in [0, 0.05) is 10.9 Å². The van der Waals surface area contributed by atoms with Crippen molar-refractivity contribution >= 4 is 15.9 Å². The normalized spacial score (nSPS) is 15.4. The third kappa shape index (κ3) is 3.10. The summed E-state index contributed by atoms with van der Waals surface area (Å²) in [7, 11) is 0. The Morgan fingerprint density at radius 2 is 2.00 bits per heavy atom. The van der Waals surface area contributed by atoms with Crippen LogP contribution in [0, 0.1) is 0 Å². The van der Waals surface area contributed by atoms with Crippen LogP contribution >= 0.6 is 15.9 Å². The van der Waals surface area contributed by atoms with E-state index in [-0.39, 0.29) is 6.61 Å². The van der Waals surface area contributed by atoms with Crippen LogP contribution in [0.1, 0.15) is 12.5 Å². The number of aliphatic hydroxyl groups excluding tert-OH is 1. The van der Waals surface area contributed by atoms with Gasteiger partial charge in [0.2, 0.25) is 0 Å². The predicted molar refractivity (Wildman–Crippen MR) is 55.6 cm³/mol. The summed E-state index contributed by atoms with van der Waals surface area (Å²) in [6.07, 6.45) is 0.449. The van der Waals surface area contributed by atoms with Crippen LogP contribution in [-0.2, 0) is 6.42 Å². The smallest absolute Gasteiger partial charge is 0.0889 e. The first-order valence-corrected chi connectivity index (χ1v) is 4.91. The molecule has 0 bridgehead atoms. The first-order valence-electron chi connectivity index (χ1n) is 4.12. The molecule has 1 atom stereocenters. The van der Waals surface area contributed by atoms with Crippen molar-refractivity contribution in [2.75, 3.05) is 6.61 Å². The van der Waals surface area contributed by atoms with Crippen molar-refractivity contribution in [3.63, 3.8) is 0 Å². The van der Waals surface area contributed by atoms with Crippen LogP contribution < -0.4 is 0 Å². The van der Waals surface area contributed by atoms with Crippen LogP contribution in [0.5, 0.6) is 0 Å². The molecular weight excluding hydrogens is 232 g/mol. The second-order valence-electron chi connectivity index (χ2n) is 3.42. The van der Waals surface area contributed by atoms with E-state index in [0.717, 1.165) is 10.0 Å². The molecule has 0 saturated heterocycles. The number of hydrogen-bond acceptors (Lipinski definition) is 2. The third-order valence-corrected chi connectivity index (χ3v) is 2.64. The van der Waals surface area contributed by atoms with E-state index in [1.54, 1.807) is 6.92 Å². The first-order chi connectivity index (χ1) is 6.05. The molecule has 72 valence electrons. The van der Waals surface area contributed by atoms with Crippen molar-refractivity contribution in [1.82, 2.24) is 0 Å². The summed E-state index contributed by atoms with van der Waals surface area (Å²) in [4.78, 5) is 0. The largest absolute Gasteiger partial charge is 0.393 e. The van der Waals surface area contributed by atoms with Gasteiger partial charge in [-0.15, -0.1) is 0 Å². The maximum atomic E-state index is 9.63. The van der Waals surface area contributed by atoms with Crippen LogP contribution in [-0.4, -0.2) is 22.4 Å². The van der Waals surface area contributed by atoms with Gasteiger partial charge in [-0.25, -0.2) is 0 Å². The SMILES string of the molecule is CC(O)(CO)Cc1ccccc1Br. The fourth-order valence-electron chi connectivity index (χ4n) is 1.11. The van der Waals surface area contributed by atoms with E-state index >= 15 is 0 Å². The molecule has 0 aliphatic heterocycles. The molecule has 1 unspecified atom stereocenters. The van der Waals surface area contributed by atoms with E-state index in [4.69, 9.17) is 5.11 Å². The summed E-state index contributed by atoms with van der Waals surface area (Å²) >= 11 is 3.39. The number of hydrogen-bond donors (Lipinski definition) is 2. The van der Waals surface area contributed by atoms with Crippen molar-refractivity contribution in [2.45, 2.75) is 18.9 Å². The summed E-state index contributed by atoms with van der Waals surface area (Å²) in [6, 6.07) is 7.67. The van der Waals surface area contributed by atoms with Gasteiger partial charge >= 0.3 is 0 Å². The van der Waals surface area contributed by atoms with Crippen LogP contribution in [0.3, 0.4) is 0 Å². The highest BCUT2D eigenvalue weighted by molar-refractivity contribution is 9.10. The molecule has 0 aliphatic carbocycles. The lowest BCUT2D eigenvalue weighted by Gasteiger charge is -2.20. The van der Waals surface area contributed by atoms with Crippen molar-refractivity contribution in [3.05, 3.63) is 34.3 Å². The Morgan fingerprint density at radius 3 is 2.54 bits per heavy atom. The average Bonchev–Trinajstić information content (AvgIpc) is 2.09. The molecule has 0 saturated carbocycles. The van der Waals surface area contributed by atoms with Crippen molar-refractivity contribution < 1.29 is 10.2 Å². The third-order valence-electron chi connectivity index (χ3n) is 1.87. The number of benzene rings is 1. The minimum Gasteiger partial charge on any atom is -0.393 e. The molecule has 2 N–H and O–H groups in total. The predicted octanol–water partition coefficient (Wildman–Crippen LogP) is 1.73. The zero-order chi connectivity index (χ0) is 9.90. The van der Waals surface area contributed by atoms with E-state index in [1.165, 1.54) is 0 Å². The molecule has 0 fully saturated rings. The van der Waals surface area contributed by atoms with Crippen LogP contribution in [0.4, 0.5) is 0 Å². The lowest BCUT2D eigenvalue weighted by Crippen LogP contribution is -2.31. The number of halogens is 1. The van der Waals surface area contributed by atoms with Gasteiger partial charge in [0.1, 0.15) is 0 Å². The molecule has 0 amide bonds. The molecule has 0 aromatic heterocycles. The summed E-state index contributed by atoms with van der Waals surface area (Å²) in [5.74, 6) is 0. The Hall–Kier alpha value is -0.380. The van der Waals surface area contributed by atoms with Gasteiger partial charge in [-0.2, -0.15) is 0 Å². The maximum absolute atomic E-state index is 9.63. The molecule has 0 spiro atoms. The van der Waals surface area contributed by atoms with Crippen LogP contribution in [0.2, 0.25) is 0 Å². The zero-order valence-corrected chi connectivity index (χ0v) is 9.08. The second-order valence-corrected chi connectivity index (χ2v) is 4.28. The van der Waals surface area contributed by atoms with Crippen LogP contribution in [0.25, 0.3) is 0 Å². The molecule has 1 aromatic carbocycles. The lowest BCUT2D eigenvalue weighted by molar-refractivity contribution is 0.00220. The topological polar surface area (TPSA) is 40.5 Å². The highest BCUT2D eigenvalue weighted by Gasteiger charge is 2.20. The fraction of sp³-hybridized carbons (Fsp3) is 0.400. The molecule has 0 aliphatic rings. The van der Waals surface area contributed by atoms with E-state index in [1.807, 2.05) is 24.3 Å². The molecular formula is C10H13BrO2. The van der Waals surface area contributed by atoms with E-state index < -0.39 is 5.60 Å². The monoisotopic (exact) mass is 244 g/mol. The minimum atomic E-state index is -1.04. The van der Waals surface area contributed by atoms with Crippen molar-refractivity contribution in [3.8, 4) is 0 Å². The Labute approximate surface area is 86.3 Å². The minimum absolute atomic E-state index is 0.228. The molecule has 0 radical (unpaired) electrons. The zero-order valence-electron chi connectivity index (χ0n) is 7.50. The average molecular weight is 245 g/mol. The highest BCUT2D eigenvalue weighted by Crippen LogP contribution is 2.20. The van der Waals surface area contributed by atoms with Crippen LogP contribution in [0.15, 0.2) is 28.7 Å². The van der Waals surface area contributed by atoms with Crippen molar-refractivity contribution in [2.24, 2.45) is 0 Å². The van der Waals surface area contributed by atoms with E-state index in [0.29, 0.717) is 6.42 Å². The molecule has 13 heavy (non-hydrogen) atoms. The molecule has 2 nitrogen and oxygen atoms in total. The summed E-state index contributed by atoms with van der Waals surface area (Å²) in [6.45, 7) is 1.39. The van der Waals surface area contributed by atoms with E-state index in [9.17, 15) is 5.11 Å².